The lowest BCUT2D eigenvalue weighted by Crippen LogP contribution is -2.24. The van der Waals surface area contributed by atoms with Gasteiger partial charge in [-0.3, -0.25) is 14.9 Å². The smallest absolute Gasteiger partial charge is 0.292 e. The van der Waals surface area contributed by atoms with E-state index in [0.717, 1.165) is 6.39 Å². The molecule has 0 fully saturated rings. The van der Waals surface area contributed by atoms with Crippen molar-refractivity contribution in [2.24, 2.45) is 0 Å². The fourth-order valence-electron chi connectivity index (χ4n) is 1.44. The molecule has 0 aliphatic carbocycles. The second-order valence-electron chi connectivity index (χ2n) is 3.53. The average Bonchev–Trinajstić information content (AvgIpc) is 2.89. The number of carbonyl (C=O) groups is 1. The van der Waals surface area contributed by atoms with Gasteiger partial charge in [0.2, 0.25) is 6.39 Å². The lowest BCUT2D eigenvalue weighted by atomic mass is 10.1. The summed E-state index contributed by atoms with van der Waals surface area (Å²) < 4.78 is 4.50. The maximum atomic E-state index is 11.8. The average molecular weight is 263 g/mol. The standard InChI is InChI=1S/C10H9N5O4/c11-9-6(2-1-3-7(9)15(17)18)10(16)12-4-8-13-5-19-14-8/h1-3,5H,4,11H2,(H,12,16). The fraction of sp³-hybridized carbons (Fsp3) is 0.100. The van der Waals surface area contributed by atoms with Gasteiger partial charge in [-0.2, -0.15) is 4.98 Å². The summed E-state index contributed by atoms with van der Waals surface area (Å²) in [6.07, 6.45) is 1.13. The van der Waals surface area contributed by atoms with Gasteiger partial charge < -0.3 is 15.6 Å². The molecule has 1 aromatic carbocycles. The molecule has 1 heterocycles. The van der Waals surface area contributed by atoms with Crippen molar-refractivity contribution in [2.75, 3.05) is 5.73 Å². The van der Waals surface area contributed by atoms with Crippen LogP contribution in [0.2, 0.25) is 0 Å². The van der Waals surface area contributed by atoms with Crippen LogP contribution in [0.5, 0.6) is 0 Å². The summed E-state index contributed by atoms with van der Waals surface area (Å²) in [5, 5.41) is 16.7. The normalized spacial score (nSPS) is 10.1. The van der Waals surface area contributed by atoms with Crippen molar-refractivity contribution in [3.8, 4) is 0 Å². The molecule has 0 unspecified atom stereocenters. The van der Waals surface area contributed by atoms with E-state index in [1.165, 1.54) is 18.2 Å². The second kappa shape index (κ2) is 5.12. The van der Waals surface area contributed by atoms with Gasteiger partial charge >= 0.3 is 0 Å². The summed E-state index contributed by atoms with van der Waals surface area (Å²) >= 11 is 0. The topological polar surface area (TPSA) is 137 Å². The molecule has 19 heavy (non-hydrogen) atoms. The Hall–Kier alpha value is -2.97. The van der Waals surface area contributed by atoms with Crippen molar-refractivity contribution in [3.05, 3.63) is 46.1 Å². The van der Waals surface area contributed by atoms with E-state index in [1.54, 1.807) is 0 Å². The highest BCUT2D eigenvalue weighted by Gasteiger charge is 2.18. The van der Waals surface area contributed by atoms with Gasteiger partial charge in [0.15, 0.2) is 5.82 Å². The molecule has 0 radical (unpaired) electrons. The molecular formula is C10H9N5O4. The zero-order valence-electron chi connectivity index (χ0n) is 9.57. The Labute approximate surface area is 106 Å². The first-order valence-electron chi connectivity index (χ1n) is 5.16. The summed E-state index contributed by atoms with van der Waals surface area (Å²) in [6, 6.07) is 4.01. The van der Waals surface area contributed by atoms with Crippen molar-refractivity contribution in [1.82, 2.24) is 15.5 Å². The third kappa shape index (κ3) is 2.65. The lowest BCUT2D eigenvalue weighted by molar-refractivity contribution is -0.383. The van der Waals surface area contributed by atoms with Crippen LogP contribution in [0.3, 0.4) is 0 Å². The van der Waals surface area contributed by atoms with E-state index in [0.29, 0.717) is 0 Å². The molecule has 2 rings (SSSR count). The van der Waals surface area contributed by atoms with Crippen LogP contribution >= 0.6 is 0 Å². The molecule has 0 aliphatic rings. The van der Waals surface area contributed by atoms with Gasteiger partial charge in [-0.25, -0.2) is 0 Å². The highest BCUT2D eigenvalue weighted by Crippen LogP contribution is 2.24. The molecule has 0 saturated carbocycles. The molecular weight excluding hydrogens is 254 g/mol. The zero-order valence-corrected chi connectivity index (χ0v) is 9.57. The van der Waals surface area contributed by atoms with Gasteiger partial charge in [0.25, 0.3) is 11.6 Å². The third-order valence-corrected chi connectivity index (χ3v) is 2.34. The van der Waals surface area contributed by atoms with Crippen molar-refractivity contribution in [3.63, 3.8) is 0 Å². The molecule has 2 aromatic rings. The van der Waals surface area contributed by atoms with E-state index in [9.17, 15) is 14.9 Å². The molecule has 0 bridgehead atoms. The Morgan fingerprint density at radius 3 is 2.95 bits per heavy atom. The summed E-state index contributed by atoms with van der Waals surface area (Å²) in [5.41, 5.74) is 5.11. The molecule has 1 aromatic heterocycles. The Kier molecular flexibility index (Phi) is 3.37. The summed E-state index contributed by atoms with van der Waals surface area (Å²) in [7, 11) is 0. The number of nitrogens with two attached hydrogens (primary N) is 1. The van der Waals surface area contributed by atoms with Gasteiger partial charge in [0.05, 0.1) is 17.0 Å². The number of hydrogen-bond donors (Lipinski definition) is 2. The molecule has 0 aliphatic heterocycles. The predicted molar refractivity (Wildman–Crippen MR) is 63.0 cm³/mol. The molecule has 9 nitrogen and oxygen atoms in total. The van der Waals surface area contributed by atoms with E-state index in [-0.39, 0.29) is 29.3 Å². The summed E-state index contributed by atoms with van der Waals surface area (Å²) in [4.78, 5) is 25.6. The van der Waals surface area contributed by atoms with Crippen molar-refractivity contribution in [1.29, 1.82) is 0 Å². The monoisotopic (exact) mass is 263 g/mol. The number of rotatable bonds is 4. The van der Waals surface area contributed by atoms with Crippen molar-refractivity contribution < 1.29 is 14.2 Å². The number of para-hydroxylation sites is 1. The number of nitrogens with zero attached hydrogens (tertiary/aromatic N) is 3. The number of anilines is 1. The van der Waals surface area contributed by atoms with Crippen LogP contribution in [0.15, 0.2) is 29.1 Å². The number of nitrogens with one attached hydrogen (secondary N) is 1. The SMILES string of the molecule is Nc1c(C(=O)NCc2ncon2)cccc1[N+](=O)[O-]. The Bertz CT molecular complexity index is 610. The van der Waals surface area contributed by atoms with Crippen LogP contribution in [0.25, 0.3) is 0 Å². The van der Waals surface area contributed by atoms with Crippen molar-refractivity contribution >= 4 is 17.3 Å². The summed E-state index contributed by atoms with van der Waals surface area (Å²) in [6.45, 7) is 0.0392. The minimum atomic E-state index is -0.648. The van der Waals surface area contributed by atoms with E-state index in [1.807, 2.05) is 0 Å². The molecule has 0 saturated heterocycles. The van der Waals surface area contributed by atoms with Gasteiger partial charge in [0, 0.05) is 6.07 Å². The van der Waals surface area contributed by atoms with E-state index >= 15 is 0 Å². The van der Waals surface area contributed by atoms with Crippen LogP contribution in [0.4, 0.5) is 11.4 Å². The molecule has 98 valence electrons. The Morgan fingerprint density at radius 1 is 1.53 bits per heavy atom. The number of aromatic nitrogens is 2. The van der Waals surface area contributed by atoms with Crippen molar-refractivity contribution in [2.45, 2.75) is 6.54 Å². The molecule has 9 heteroatoms. The molecule has 1 amide bonds. The first-order chi connectivity index (χ1) is 9.09. The highest BCUT2D eigenvalue weighted by molar-refractivity contribution is 6.00. The first-order valence-corrected chi connectivity index (χ1v) is 5.16. The minimum Gasteiger partial charge on any atom is -0.393 e. The van der Waals surface area contributed by atoms with Gasteiger partial charge in [-0.05, 0) is 6.07 Å². The lowest BCUT2D eigenvalue weighted by Gasteiger charge is -2.05. The van der Waals surface area contributed by atoms with Crippen LogP contribution < -0.4 is 11.1 Å². The number of amides is 1. The number of carbonyl (C=O) groups excluding carboxylic acids is 1. The maximum absolute atomic E-state index is 11.8. The predicted octanol–water partition coefficient (Wildman–Crippen LogP) is 0.490. The van der Waals surface area contributed by atoms with E-state index in [4.69, 9.17) is 5.73 Å². The summed E-state index contributed by atoms with van der Waals surface area (Å²) in [5.74, 6) is -0.261. The number of nitrogen functional groups attached to an aromatic ring is 1. The van der Waals surface area contributed by atoms with Gasteiger partial charge in [-0.15, -0.1) is 0 Å². The number of nitro groups is 1. The van der Waals surface area contributed by atoms with Gasteiger partial charge in [0.1, 0.15) is 5.69 Å². The van der Waals surface area contributed by atoms with Crippen LogP contribution in [-0.4, -0.2) is 21.0 Å². The number of benzene rings is 1. The van der Waals surface area contributed by atoms with E-state index in [2.05, 4.69) is 20.0 Å². The Morgan fingerprint density at radius 2 is 2.32 bits per heavy atom. The molecule has 0 atom stereocenters. The third-order valence-electron chi connectivity index (χ3n) is 2.34. The minimum absolute atomic E-state index is 0.0256. The largest absolute Gasteiger partial charge is 0.393 e. The van der Waals surface area contributed by atoms with Crippen LogP contribution in [-0.2, 0) is 6.54 Å². The second-order valence-corrected chi connectivity index (χ2v) is 3.53. The Balaban J connectivity index is 2.15. The van der Waals surface area contributed by atoms with E-state index < -0.39 is 10.8 Å². The number of nitro benzene ring substituents is 1. The highest BCUT2D eigenvalue weighted by atomic mass is 16.6. The zero-order chi connectivity index (χ0) is 13.8. The fourth-order valence-corrected chi connectivity index (χ4v) is 1.44. The van der Waals surface area contributed by atoms with Crippen LogP contribution in [0.1, 0.15) is 16.2 Å². The van der Waals surface area contributed by atoms with Gasteiger partial charge in [-0.1, -0.05) is 11.2 Å². The first kappa shape index (κ1) is 12.5. The van der Waals surface area contributed by atoms with Crippen LogP contribution in [0, 0.1) is 10.1 Å². The maximum Gasteiger partial charge on any atom is 0.292 e. The number of hydrogen-bond acceptors (Lipinski definition) is 7. The molecule has 3 N–H and O–H groups in total. The quantitative estimate of drug-likeness (QED) is 0.465. The molecule has 0 spiro atoms.